The molecule has 0 N–H and O–H groups in total. The van der Waals surface area contributed by atoms with Gasteiger partial charge in [-0.3, -0.25) is 4.57 Å². The van der Waals surface area contributed by atoms with Crippen molar-refractivity contribution in [2.24, 2.45) is 0 Å². The summed E-state index contributed by atoms with van der Waals surface area (Å²) >= 11 is 0. The zero-order valence-corrected chi connectivity index (χ0v) is 26.8. The molecule has 0 aliphatic carbocycles. The normalized spacial score (nSPS) is 11.6. The van der Waals surface area contributed by atoms with Crippen LogP contribution in [0.4, 0.5) is 0 Å². The molecule has 6 heteroatoms. The molecule has 0 radical (unpaired) electrons. The molecule has 0 saturated carbocycles. The van der Waals surface area contributed by atoms with Gasteiger partial charge in [-0.15, -0.1) is 0 Å². The molecule has 10 aromatic rings. The van der Waals surface area contributed by atoms with Crippen molar-refractivity contribution in [3.63, 3.8) is 0 Å². The van der Waals surface area contributed by atoms with Crippen LogP contribution in [0.2, 0.25) is 0 Å². The van der Waals surface area contributed by atoms with Crippen LogP contribution in [0.5, 0.6) is 0 Å². The van der Waals surface area contributed by atoms with E-state index in [0.717, 1.165) is 44.7 Å². The van der Waals surface area contributed by atoms with Crippen molar-refractivity contribution in [3.8, 4) is 45.7 Å². The average molecular weight is 641 g/mol. The second-order valence-electron chi connectivity index (χ2n) is 12.3. The van der Waals surface area contributed by atoms with E-state index in [1.807, 2.05) is 66.9 Å². The number of hydrogen-bond donors (Lipinski definition) is 0. The lowest BCUT2D eigenvalue weighted by Crippen LogP contribution is -2.02. The van der Waals surface area contributed by atoms with Crippen LogP contribution in [0.25, 0.3) is 89.3 Å². The summed E-state index contributed by atoms with van der Waals surface area (Å²) in [6.07, 6.45) is 1.88. The molecule has 10 rings (SSSR count). The van der Waals surface area contributed by atoms with Gasteiger partial charge in [-0.05, 0) is 36.4 Å². The Morgan fingerprint density at radius 1 is 0.340 bits per heavy atom. The first-order chi connectivity index (χ1) is 24.8. The van der Waals surface area contributed by atoms with E-state index in [0.29, 0.717) is 17.5 Å². The SMILES string of the molecule is c1ccc(-c2nc(-c3ccccc3)nc(-c3ccc(-n4c5ccccc5c5ccc6c7ccccc7n(-c7ccccc7)c6c54)nc3)n2)cc1. The van der Waals surface area contributed by atoms with Gasteiger partial charge in [0.1, 0.15) is 5.82 Å². The summed E-state index contributed by atoms with van der Waals surface area (Å²) in [4.78, 5) is 19.8. The molecule has 0 fully saturated rings. The number of nitrogens with zero attached hydrogens (tertiary/aromatic N) is 6. The van der Waals surface area contributed by atoms with Crippen molar-refractivity contribution in [2.75, 3.05) is 0 Å². The number of para-hydroxylation sites is 3. The van der Waals surface area contributed by atoms with Crippen LogP contribution in [-0.4, -0.2) is 29.1 Å². The van der Waals surface area contributed by atoms with Crippen molar-refractivity contribution in [2.45, 2.75) is 0 Å². The summed E-state index contributed by atoms with van der Waals surface area (Å²) in [5.74, 6) is 2.64. The molecule has 4 heterocycles. The van der Waals surface area contributed by atoms with Crippen molar-refractivity contribution in [3.05, 3.63) is 170 Å². The number of fused-ring (bicyclic) bond motifs is 7. The molecule has 0 spiro atoms. The first-order valence-corrected chi connectivity index (χ1v) is 16.7. The summed E-state index contributed by atoms with van der Waals surface area (Å²) in [6.45, 7) is 0. The van der Waals surface area contributed by atoms with Crippen LogP contribution in [0.3, 0.4) is 0 Å². The Kier molecular flexibility index (Phi) is 6.39. The predicted octanol–water partition coefficient (Wildman–Crippen LogP) is 10.5. The second-order valence-corrected chi connectivity index (χ2v) is 12.3. The highest BCUT2D eigenvalue weighted by Crippen LogP contribution is 2.41. The summed E-state index contributed by atoms with van der Waals surface area (Å²) in [7, 11) is 0. The topological polar surface area (TPSA) is 61.4 Å². The third-order valence-corrected chi connectivity index (χ3v) is 9.42. The highest BCUT2D eigenvalue weighted by atomic mass is 15.1. The predicted molar refractivity (Wildman–Crippen MR) is 203 cm³/mol. The van der Waals surface area contributed by atoms with Crippen LogP contribution in [0.1, 0.15) is 0 Å². The number of benzene rings is 6. The standard InChI is InChI=1S/C44H28N6/c1-4-14-29(15-5-1)42-46-43(30-16-6-2-7-17-30)48-44(47-42)31-24-27-39(45-28-31)50-38-23-13-11-21-34(38)36-26-25-35-33-20-10-12-22-37(33)49(40(35)41(36)50)32-18-8-3-9-19-32/h1-28H. The van der Waals surface area contributed by atoms with Gasteiger partial charge in [-0.2, -0.15) is 0 Å². The molecule has 0 amide bonds. The third-order valence-electron chi connectivity index (χ3n) is 9.42. The van der Waals surface area contributed by atoms with Gasteiger partial charge in [0.2, 0.25) is 0 Å². The molecule has 0 aliphatic heterocycles. The first kappa shape index (κ1) is 28.1. The Balaban J connectivity index is 1.21. The molecule has 6 nitrogen and oxygen atoms in total. The van der Waals surface area contributed by atoms with Gasteiger partial charge in [0.25, 0.3) is 0 Å². The average Bonchev–Trinajstić information content (AvgIpc) is 3.72. The Morgan fingerprint density at radius 3 is 1.34 bits per heavy atom. The van der Waals surface area contributed by atoms with Gasteiger partial charge in [-0.25, -0.2) is 19.9 Å². The molecule has 0 atom stereocenters. The Hall–Kier alpha value is -6.92. The molecule has 0 bridgehead atoms. The zero-order valence-electron chi connectivity index (χ0n) is 26.8. The fourth-order valence-electron chi connectivity index (χ4n) is 7.17. The Labute approximate surface area is 287 Å². The molecule has 0 saturated heterocycles. The quantitative estimate of drug-likeness (QED) is 0.188. The smallest absolute Gasteiger partial charge is 0.165 e. The van der Waals surface area contributed by atoms with Crippen molar-refractivity contribution in [1.82, 2.24) is 29.1 Å². The largest absolute Gasteiger partial charge is 0.307 e. The van der Waals surface area contributed by atoms with E-state index < -0.39 is 0 Å². The van der Waals surface area contributed by atoms with E-state index in [1.165, 1.54) is 27.1 Å². The molecule has 50 heavy (non-hydrogen) atoms. The second kappa shape index (κ2) is 11.4. The minimum absolute atomic E-state index is 0.575. The molecule has 6 aromatic carbocycles. The van der Waals surface area contributed by atoms with Gasteiger partial charge in [0.15, 0.2) is 17.5 Å². The fraction of sp³-hybridized carbons (Fsp3) is 0. The van der Waals surface area contributed by atoms with Crippen molar-refractivity contribution < 1.29 is 0 Å². The van der Waals surface area contributed by atoms with Gasteiger partial charge in [-0.1, -0.05) is 127 Å². The summed E-state index contributed by atoms with van der Waals surface area (Å²) < 4.78 is 4.69. The van der Waals surface area contributed by atoms with Gasteiger partial charge >= 0.3 is 0 Å². The van der Waals surface area contributed by atoms with Crippen LogP contribution in [0, 0.1) is 0 Å². The van der Waals surface area contributed by atoms with E-state index in [-0.39, 0.29) is 0 Å². The summed E-state index contributed by atoms with van der Waals surface area (Å²) in [5, 5.41) is 4.77. The highest BCUT2D eigenvalue weighted by Gasteiger charge is 2.21. The number of pyridine rings is 1. The minimum atomic E-state index is 0.575. The molecule has 234 valence electrons. The van der Waals surface area contributed by atoms with Crippen molar-refractivity contribution >= 4 is 43.6 Å². The molecule has 0 unspecified atom stereocenters. The summed E-state index contributed by atoms with van der Waals surface area (Å²) in [5.41, 5.74) is 8.32. The maximum absolute atomic E-state index is 5.12. The first-order valence-electron chi connectivity index (χ1n) is 16.7. The molecular weight excluding hydrogens is 613 g/mol. The maximum Gasteiger partial charge on any atom is 0.165 e. The van der Waals surface area contributed by atoms with Gasteiger partial charge in [0, 0.05) is 50.1 Å². The number of hydrogen-bond acceptors (Lipinski definition) is 4. The minimum Gasteiger partial charge on any atom is -0.307 e. The van der Waals surface area contributed by atoms with Crippen LogP contribution in [0.15, 0.2) is 170 Å². The van der Waals surface area contributed by atoms with E-state index in [9.17, 15) is 0 Å². The van der Waals surface area contributed by atoms with E-state index >= 15 is 0 Å². The molecule has 4 aromatic heterocycles. The monoisotopic (exact) mass is 640 g/mol. The molecular formula is C44H28N6. The van der Waals surface area contributed by atoms with Gasteiger partial charge < -0.3 is 4.57 Å². The number of aromatic nitrogens is 6. The van der Waals surface area contributed by atoms with Crippen LogP contribution in [-0.2, 0) is 0 Å². The fourth-order valence-corrected chi connectivity index (χ4v) is 7.17. The lowest BCUT2D eigenvalue weighted by molar-refractivity contribution is 1.05. The van der Waals surface area contributed by atoms with Crippen LogP contribution >= 0.6 is 0 Å². The lowest BCUT2D eigenvalue weighted by atomic mass is 10.1. The summed E-state index contributed by atoms with van der Waals surface area (Å²) in [6, 6.07) is 56.5. The number of rotatable bonds is 5. The molecule has 0 aliphatic rings. The Morgan fingerprint density at radius 2 is 0.800 bits per heavy atom. The lowest BCUT2D eigenvalue weighted by Gasteiger charge is -2.12. The zero-order chi connectivity index (χ0) is 33.0. The van der Waals surface area contributed by atoms with E-state index in [4.69, 9.17) is 19.9 Å². The van der Waals surface area contributed by atoms with Crippen LogP contribution < -0.4 is 0 Å². The van der Waals surface area contributed by atoms with Gasteiger partial charge in [0.05, 0.1) is 22.1 Å². The van der Waals surface area contributed by atoms with E-state index in [2.05, 4.69) is 112 Å². The third kappa shape index (κ3) is 4.43. The highest BCUT2D eigenvalue weighted by molar-refractivity contribution is 6.23. The maximum atomic E-state index is 5.12. The van der Waals surface area contributed by atoms with E-state index in [1.54, 1.807) is 0 Å². The van der Waals surface area contributed by atoms with Crippen molar-refractivity contribution in [1.29, 1.82) is 0 Å². The Bertz CT molecular complexity index is 2780.